The highest BCUT2D eigenvalue weighted by Crippen LogP contribution is 2.29. The van der Waals surface area contributed by atoms with E-state index in [0.29, 0.717) is 22.0 Å². The molecule has 0 fully saturated rings. The molecule has 0 bridgehead atoms. The fourth-order valence-corrected chi connectivity index (χ4v) is 2.90. The van der Waals surface area contributed by atoms with E-state index in [1.807, 2.05) is 0 Å². The molecule has 0 saturated heterocycles. The van der Waals surface area contributed by atoms with Gasteiger partial charge in [-0.15, -0.1) is 0 Å². The molecule has 3 rings (SSSR count). The molecular formula is C22H15ClFN3O3. The lowest BCUT2D eigenvalue weighted by atomic mass is 10.1. The van der Waals surface area contributed by atoms with E-state index in [1.54, 1.807) is 36.4 Å². The average Bonchev–Trinajstić information content (AvgIpc) is 2.74. The van der Waals surface area contributed by atoms with Crippen LogP contribution in [0.4, 0.5) is 15.8 Å². The Balaban J connectivity index is 1.79. The lowest BCUT2D eigenvalue weighted by Gasteiger charge is -2.13. The number of nitriles is 1. The van der Waals surface area contributed by atoms with Crippen molar-refractivity contribution >= 4 is 34.8 Å². The summed E-state index contributed by atoms with van der Waals surface area (Å²) in [5.41, 5.74) is 0.907. The second kappa shape index (κ2) is 9.07. The molecule has 0 spiro atoms. The van der Waals surface area contributed by atoms with E-state index in [2.05, 4.69) is 10.6 Å². The maximum atomic E-state index is 14.0. The van der Waals surface area contributed by atoms with Crippen molar-refractivity contribution in [2.24, 2.45) is 0 Å². The van der Waals surface area contributed by atoms with Crippen LogP contribution in [-0.2, 0) is 0 Å². The number of methoxy groups -OCH3 is 1. The van der Waals surface area contributed by atoms with Gasteiger partial charge in [-0.25, -0.2) is 4.39 Å². The van der Waals surface area contributed by atoms with Crippen LogP contribution in [0.25, 0.3) is 0 Å². The number of nitrogens with one attached hydrogen (secondary N) is 2. The number of benzene rings is 3. The summed E-state index contributed by atoms with van der Waals surface area (Å²) in [6, 6.07) is 16.5. The van der Waals surface area contributed by atoms with E-state index in [4.69, 9.17) is 21.6 Å². The van der Waals surface area contributed by atoms with Crippen LogP contribution in [0.2, 0.25) is 5.02 Å². The van der Waals surface area contributed by atoms with Crippen molar-refractivity contribution in [2.75, 3.05) is 17.7 Å². The van der Waals surface area contributed by atoms with Crippen molar-refractivity contribution in [1.82, 2.24) is 0 Å². The molecule has 3 aromatic rings. The second-order valence-electron chi connectivity index (χ2n) is 6.11. The molecule has 6 nitrogen and oxygen atoms in total. The minimum atomic E-state index is -0.804. The van der Waals surface area contributed by atoms with E-state index < -0.39 is 17.6 Å². The summed E-state index contributed by atoms with van der Waals surface area (Å²) < 4.78 is 19.3. The molecule has 30 heavy (non-hydrogen) atoms. The van der Waals surface area contributed by atoms with Crippen LogP contribution in [0.3, 0.4) is 0 Å². The Kier molecular flexibility index (Phi) is 6.30. The minimum absolute atomic E-state index is 0.115. The monoisotopic (exact) mass is 423 g/mol. The van der Waals surface area contributed by atoms with Crippen molar-refractivity contribution < 1.29 is 18.7 Å². The SMILES string of the molecule is COc1cc(NC(=O)c2ccc(C#N)cc2F)ccc1NC(=O)c1ccccc1Cl. The van der Waals surface area contributed by atoms with Gasteiger partial charge in [0.15, 0.2) is 0 Å². The summed E-state index contributed by atoms with van der Waals surface area (Å²) in [7, 11) is 1.41. The van der Waals surface area contributed by atoms with E-state index in [0.717, 1.165) is 6.07 Å². The van der Waals surface area contributed by atoms with Gasteiger partial charge in [-0.3, -0.25) is 9.59 Å². The van der Waals surface area contributed by atoms with Crippen molar-refractivity contribution in [1.29, 1.82) is 5.26 Å². The van der Waals surface area contributed by atoms with E-state index in [9.17, 15) is 14.0 Å². The number of halogens is 2. The number of ether oxygens (including phenoxy) is 1. The van der Waals surface area contributed by atoms with E-state index >= 15 is 0 Å². The fourth-order valence-electron chi connectivity index (χ4n) is 2.67. The topological polar surface area (TPSA) is 91.2 Å². The van der Waals surface area contributed by atoms with Crippen LogP contribution >= 0.6 is 11.6 Å². The molecule has 2 N–H and O–H groups in total. The summed E-state index contributed by atoms with van der Waals surface area (Å²) in [5.74, 6) is -1.63. The smallest absolute Gasteiger partial charge is 0.258 e. The predicted octanol–water partition coefficient (Wildman–Crippen LogP) is 4.86. The molecule has 0 unspecified atom stereocenters. The van der Waals surface area contributed by atoms with Crippen LogP contribution in [-0.4, -0.2) is 18.9 Å². The van der Waals surface area contributed by atoms with Gasteiger partial charge in [0.05, 0.1) is 40.6 Å². The Hall–Kier alpha value is -3.89. The number of anilines is 2. The van der Waals surface area contributed by atoms with Gasteiger partial charge >= 0.3 is 0 Å². The van der Waals surface area contributed by atoms with Crippen LogP contribution in [0.15, 0.2) is 60.7 Å². The molecule has 0 aliphatic carbocycles. The first-order chi connectivity index (χ1) is 14.4. The Morgan fingerprint density at radius 3 is 2.40 bits per heavy atom. The average molecular weight is 424 g/mol. The first-order valence-corrected chi connectivity index (χ1v) is 9.05. The molecule has 0 aliphatic heterocycles. The number of carbonyl (C=O) groups excluding carboxylic acids is 2. The summed E-state index contributed by atoms with van der Waals surface area (Å²) in [6.45, 7) is 0. The van der Waals surface area contributed by atoms with Gasteiger partial charge in [0, 0.05) is 11.8 Å². The molecule has 0 atom stereocenters. The maximum absolute atomic E-state index is 14.0. The van der Waals surface area contributed by atoms with Crippen molar-refractivity contribution in [3.63, 3.8) is 0 Å². The first-order valence-electron chi connectivity index (χ1n) is 8.68. The zero-order chi connectivity index (χ0) is 21.7. The third-order valence-corrected chi connectivity index (χ3v) is 4.50. The van der Waals surface area contributed by atoms with Crippen LogP contribution in [0.5, 0.6) is 5.75 Å². The minimum Gasteiger partial charge on any atom is -0.494 e. The fraction of sp³-hybridized carbons (Fsp3) is 0.0455. The molecule has 0 heterocycles. The Bertz CT molecular complexity index is 1170. The third kappa shape index (κ3) is 4.57. The van der Waals surface area contributed by atoms with Gasteiger partial charge in [0.25, 0.3) is 11.8 Å². The van der Waals surface area contributed by atoms with Gasteiger partial charge in [0.2, 0.25) is 0 Å². The molecular weight excluding hydrogens is 409 g/mol. The Morgan fingerprint density at radius 2 is 1.73 bits per heavy atom. The summed E-state index contributed by atoms with van der Waals surface area (Å²) in [6.07, 6.45) is 0. The summed E-state index contributed by atoms with van der Waals surface area (Å²) >= 11 is 6.04. The lowest BCUT2D eigenvalue weighted by Crippen LogP contribution is -2.15. The van der Waals surface area contributed by atoms with Crippen molar-refractivity contribution in [2.45, 2.75) is 0 Å². The number of hydrogen-bond acceptors (Lipinski definition) is 4. The van der Waals surface area contributed by atoms with Crippen molar-refractivity contribution in [3.05, 3.63) is 88.2 Å². The molecule has 0 radical (unpaired) electrons. The van der Waals surface area contributed by atoms with Crippen LogP contribution in [0.1, 0.15) is 26.3 Å². The summed E-state index contributed by atoms with van der Waals surface area (Å²) in [4.78, 5) is 24.8. The predicted molar refractivity (Wildman–Crippen MR) is 111 cm³/mol. The number of carbonyl (C=O) groups is 2. The Labute approximate surface area is 176 Å². The highest BCUT2D eigenvalue weighted by Gasteiger charge is 2.16. The zero-order valence-electron chi connectivity index (χ0n) is 15.7. The molecule has 3 aromatic carbocycles. The van der Waals surface area contributed by atoms with Gasteiger partial charge in [-0.05, 0) is 42.5 Å². The number of nitrogens with zero attached hydrogens (tertiary/aromatic N) is 1. The van der Waals surface area contributed by atoms with E-state index in [-0.39, 0.29) is 16.9 Å². The quantitative estimate of drug-likeness (QED) is 0.612. The molecule has 0 saturated carbocycles. The van der Waals surface area contributed by atoms with Crippen molar-refractivity contribution in [3.8, 4) is 11.8 Å². The zero-order valence-corrected chi connectivity index (χ0v) is 16.5. The highest BCUT2D eigenvalue weighted by atomic mass is 35.5. The standard InChI is InChI=1S/C22H15ClFN3O3/c1-30-20-11-14(26-22(29)16-8-6-13(12-25)10-18(16)24)7-9-19(20)27-21(28)15-4-2-3-5-17(15)23/h2-11H,1H3,(H,26,29)(H,27,28). The van der Waals surface area contributed by atoms with Gasteiger partial charge in [0.1, 0.15) is 11.6 Å². The third-order valence-electron chi connectivity index (χ3n) is 4.17. The Morgan fingerprint density at radius 1 is 1.00 bits per heavy atom. The van der Waals surface area contributed by atoms with Gasteiger partial charge in [-0.1, -0.05) is 23.7 Å². The molecule has 8 heteroatoms. The lowest BCUT2D eigenvalue weighted by molar-refractivity contribution is 0.101. The van der Waals surface area contributed by atoms with Crippen LogP contribution < -0.4 is 15.4 Å². The van der Waals surface area contributed by atoms with Gasteiger partial charge in [-0.2, -0.15) is 5.26 Å². The largest absolute Gasteiger partial charge is 0.494 e. The number of rotatable bonds is 5. The van der Waals surface area contributed by atoms with Gasteiger partial charge < -0.3 is 15.4 Å². The molecule has 0 aromatic heterocycles. The first kappa shape index (κ1) is 20.8. The number of amides is 2. The van der Waals surface area contributed by atoms with E-state index in [1.165, 1.54) is 31.4 Å². The molecule has 2 amide bonds. The molecule has 150 valence electrons. The second-order valence-corrected chi connectivity index (χ2v) is 6.52. The normalized spacial score (nSPS) is 10.1. The maximum Gasteiger partial charge on any atom is 0.258 e. The van der Waals surface area contributed by atoms with Crippen LogP contribution in [0, 0.1) is 17.1 Å². The molecule has 0 aliphatic rings. The highest BCUT2D eigenvalue weighted by molar-refractivity contribution is 6.34. The number of hydrogen-bond donors (Lipinski definition) is 2. The summed E-state index contributed by atoms with van der Waals surface area (Å²) in [5, 5.41) is 14.4.